The van der Waals surface area contributed by atoms with Crippen LogP contribution >= 0.6 is 11.3 Å². The summed E-state index contributed by atoms with van der Waals surface area (Å²) in [4.78, 5) is 64.1. The maximum absolute atomic E-state index is 13.9. The van der Waals surface area contributed by atoms with Crippen molar-refractivity contribution in [1.82, 2.24) is 60.2 Å². The summed E-state index contributed by atoms with van der Waals surface area (Å²) >= 11 is 1.46. The van der Waals surface area contributed by atoms with Crippen LogP contribution in [-0.4, -0.2) is 117 Å². The monoisotopic (exact) mass is 1080 g/mol. The molecule has 78 heavy (non-hydrogen) atoms. The van der Waals surface area contributed by atoms with Crippen molar-refractivity contribution in [2.45, 2.75) is 63.2 Å². The van der Waals surface area contributed by atoms with Gasteiger partial charge in [-0.1, -0.05) is 44.9 Å². The number of piperidine rings is 3. The second kappa shape index (κ2) is 24.0. The summed E-state index contributed by atoms with van der Waals surface area (Å²) in [6.07, 6.45) is 7.42. The van der Waals surface area contributed by atoms with Crippen LogP contribution in [0.3, 0.4) is 0 Å². The molecule has 3 unspecified atom stereocenters. The average Bonchev–Trinajstić information content (AvgIpc) is 4.37. The maximum atomic E-state index is 13.9. The number of carbonyl (C=O) groups is 3. The largest absolute Gasteiger partial charge is 0.361 e. The Balaban J connectivity index is 0.000000132. The number of carbonyl (C=O) groups excluding carboxylic acids is 3. The van der Waals surface area contributed by atoms with Gasteiger partial charge in [0.1, 0.15) is 46.0 Å². The number of aromatic nitrogens is 9. The van der Waals surface area contributed by atoms with E-state index in [1.54, 1.807) is 63.5 Å². The van der Waals surface area contributed by atoms with Crippen LogP contribution in [0.1, 0.15) is 111 Å². The molecule has 0 radical (unpaired) electrons. The third-order valence-electron chi connectivity index (χ3n) is 13.4. The lowest BCUT2D eigenvalue weighted by molar-refractivity contribution is 0.0692. The lowest BCUT2D eigenvalue weighted by Gasteiger charge is -2.31. The fraction of sp³-hybridized carbons (Fsp3) is 0.296. The first kappa shape index (κ1) is 52.6. The zero-order valence-corrected chi connectivity index (χ0v) is 42.6. The first-order valence-corrected chi connectivity index (χ1v) is 26.0. The molecule has 12 rings (SSSR count). The van der Waals surface area contributed by atoms with Crippen molar-refractivity contribution in [3.05, 3.63) is 172 Å². The fourth-order valence-electron chi connectivity index (χ4n) is 9.34. The van der Waals surface area contributed by atoms with Crippen LogP contribution in [-0.2, 0) is 0 Å². The van der Waals surface area contributed by atoms with Crippen LogP contribution in [0.2, 0.25) is 0 Å². The van der Waals surface area contributed by atoms with E-state index in [-0.39, 0.29) is 69.9 Å². The van der Waals surface area contributed by atoms with Crippen LogP contribution in [0.4, 0.5) is 17.6 Å². The van der Waals surface area contributed by atoms with Crippen LogP contribution in [0.25, 0.3) is 34.5 Å². The Kier molecular flexibility index (Phi) is 16.2. The zero-order valence-electron chi connectivity index (χ0n) is 41.8. The van der Waals surface area contributed by atoms with Crippen molar-refractivity contribution in [3.8, 4) is 34.5 Å². The molecule has 6 aromatic heterocycles. The lowest BCUT2D eigenvalue weighted by Crippen LogP contribution is -2.39. The molecule has 9 heterocycles. The summed E-state index contributed by atoms with van der Waals surface area (Å²) in [5, 5.41) is 17.6. The Bertz CT molecular complexity index is 3480. The number of rotatable bonds is 9. The molecular weight excluding hydrogens is 1040 g/mol. The number of pyridine rings is 1. The molecular formula is C54H48F4N12O7S. The minimum atomic E-state index is -0.490. The molecule has 0 aliphatic carbocycles. The number of amides is 3. The van der Waals surface area contributed by atoms with Crippen molar-refractivity contribution in [2.24, 2.45) is 0 Å². The van der Waals surface area contributed by atoms with E-state index in [4.69, 9.17) is 18.1 Å². The van der Waals surface area contributed by atoms with Gasteiger partial charge < -0.3 is 32.8 Å². The van der Waals surface area contributed by atoms with Crippen molar-refractivity contribution in [1.29, 1.82) is 0 Å². The highest BCUT2D eigenvalue weighted by atomic mass is 32.1. The van der Waals surface area contributed by atoms with Crippen LogP contribution in [0, 0.1) is 30.2 Å². The van der Waals surface area contributed by atoms with Gasteiger partial charge in [0.05, 0.1) is 29.0 Å². The van der Waals surface area contributed by atoms with E-state index in [1.165, 1.54) is 66.1 Å². The van der Waals surface area contributed by atoms with Crippen molar-refractivity contribution >= 4 is 29.1 Å². The molecule has 3 aliphatic heterocycles. The Morgan fingerprint density at radius 1 is 0.551 bits per heavy atom. The number of nitrogens with zero attached hydrogens (tertiary/aromatic N) is 12. The summed E-state index contributed by atoms with van der Waals surface area (Å²) in [5.41, 5.74) is 4.04. The molecule has 400 valence electrons. The van der Waals surface area contributed by atoms with Gasteiger partial charge in [-0.25, -0.2) is 27.5 Å². The van der Waals surface area contributed by atoms with E-state index in [9.17, 15) is 31.9 Å². The fourth-order valence-corrected chi connectivity index (χ4v) is 9.87. The van der Waals surface area contributed by atoms with Gasteiger partial charge in [-0.3, -0.25) is 14.4 Å². The van der Waals surface area contributed by atoms with Crippen molar-refractivity contribution in [3.63, 3.8) is 0 Å². The first-order valence-electron chi connectivity index (χ1n) is 25.0. The van der Waals surface area contributed by atoms with Crippen LogP contribution < -0.4 is 0 Å². The number of aryl methyl sites for hydroxylation is 1. The van der Waals surface area contributed by atoms with Crippen molar-refractivity contribution in [2.75, 3.05) is 39.3 Å². The van der Waals surface area contributed by atoms with E-state index in [0.29, 0.717) is 85.2 Å². The molecule has 0 spiro atoms. The summed E-state index contributed by atoms with van der Waals surface area (Å²) in [6, 6.07) is 20.6. The highest BCUT2D eigenvalue weighted by molar-refractivity contribution is 7.07. The topological polar surface area (TPSA) is 229 Å². The maximum Gasteiger partial charge on any atom is 0.277 e. The summed E-state index contributed by atoms with van der Waals surface area (Å²) < 4.78 is 74.6. The van der Waals surface area contributed by atoms with E-state index in [2.05, 4.69) is 45.5 Å². The third-order valence-corrected chi connectivity index (χ3v) is 14.0. The molecule has 0 N–H and O–H groups in total. The van der Waals surface area contributed by atoms with Crippen LogP contribution in [0.15, 0.2) is 126 Å². The molecule has 3 fully saturated rings. The first-order chi connectivity index (χ1) is 37.9. The van der Waals surface area contributed by atoms with Gasteiger partial charge in [-0.2, -0.15) is 15.0 Å². The summed E-state index contributed by atoms with van der Waals surface area (Å²) in [6.45, 7) is 5.00. The Labute approximate surface area is 446 Å². The molecule has 0 bridgehead atoms. The minimum Gasteiger partial charge on any atom is -0.361 e. The number of likely N-dealkylation sites (tertiary alicyclic amines) is 3. The molecule has 3 aliphatic rings. The molecule has 0 saturated carbocycles. The number of thiazole rings is 1. The molecule has 3 amide bonds. The summed E-state index contributed by atoms with van der Waals surface area (Å²) in [7, 11) is 0. The van der Waals surface area contributed by atoms with Gasteiger partial charge in [-0.05, 0) is 106 Å². The van der Waals surface area contributed by atoms with Crippen molar-refractivity contribution < 1.29 is 50.0 Å². The van der Waals surface area contributed by atoms with E-state index in [0.717, 1.165) is 44.7 Å². The summed E-state index contributed by atoms with van der Waals surface area (Å²) in [5.74, 6) is 0.363. The van der Waals surface area contributed by atoms with E-state index in [1.807, 2.05) is 5.38 Å². The third kappa shape index (κ3) is 12.2. The smallest absolute Gasteiger partial charge is 0.277 e. The van der Waals surface area contributed by atoms with E-state index < -0.39 is 17.5 Å². The van der Waals surface area contributed by atoms with Gasteiger partial charge in [0.2, 0.25) is 0 Å². The van der Waals surface area contributed by atoms with Gasteiger partial charge in [0.15, 0.2) is 17.5 Å². The molecule has 3 atom stereocenters. The predicted octanol–water partition coefficient (Wildman–Crippen LogP) is 9.97. The van der Waals surface area contributed by atoms with Gasteiger partial charge in [0, 0.05) is 68.0 Å². The normalized spacial score (nSPS) is 17.4. The highest BCUT2D eigenvalue weighted by Crippen LogP contribution is 2.32. The van der Waals surface area contributed by atoms with E-state index >= 15 is 0 Å². The molecule has 3 saturated heterocycles. The quantitative estimate of drug-likeness (QED) is 0.122. The number of hydrogen-bond donors (Lipinski definition) is 0. The van der Waals surface area contributed by atoms with Gasteiger partial charge in [0.25, 0.3) is 35.4 Å². The Morgan fingerprint density at radius 3 is 1.54 bits per heavy atom. The van der Waals surface area contributed by atoms with Crippen LogP contribution in [0.5, 0.6) is 0 Å². The average molecular weight is 1090 g/mol. The molecule has 9 aromatic rings. The molecule has 3 aromatic carbocycles. The number of halogens is 4. The molecule has 24 heteroatoms. The van der Waals surface area contributed by atoms with Gasteiger partial charge in [-0.15, -0.1) is 11.3 Å². The standard InChI is InChI=1S/C19H16F2N4O2.C18H17FN4O3.C17H15FN4O2S/c20-13-7-8-16(22-10-13)19(26)25-9-3-4-12(11-25)17-23-18(27-24-17)14-5-1-2-6-15(14)21;1-11-14(9-20-25-11)18(24)23-8-4-5-12(10-23)16-21-17(26-22-16)13-6-2-3-7-15(13)19;18-13-5-3-11(4-6-13)17(23)22-7-1-2-12(8-22)15-20-16(24-21-15)14-9-25-10-19-14/h1-2,5-8,10,12H,3-4,9,11H2;2-3,6-7,9,12H,4-5,8,10H2,1H3;3-6,9-10,12H,1-2,7-8H2. The molecule has 19 nitrogen and oxygen atoms in total. The predicted molar refractivity (Wildman–Crippen MR) is 270 cm³/mol. The lowest BCUT2D eigenvalue weighted by atomic mass is 9.96. The Hall–Kier alpha value is -8.80. The Morgan fingerprint density at radius 2 is 1.05 bits per heavy atom. The second-order valence-corrected chi connectivity index (χ2v) is 19.4. The highest BCUT2D eigenvalue weighted by Gasteiger charge is 2.33. The number of benzene rings is 3. The second-order valence-electron chi connectivity index (χ2n) is 18.6. The number of hydrogen-bond acceptors (Lipinski definition) is 17. The van der Waals surface area contributed by atoms with Gasteiger partial charge >= 0.3 is 0 Å². The minimum absolute atomic E-state index is 0.0225. The SMILES string of the molecule is Cc1oncc1C(=O)N1CCCC(c2noc(-c3ccccc3F)n2)C1.O=C(c1ccc(F)cc1)N1CCCC(c2noc(-c3cscn3)n2)C1.O=C(c1ccc(F)cn1)N1CCCC(c2noc(-c3ccccc3F)n2)C1. The zero-order chi connectivity index (χ0) is 54.1.